The maximum absolute atomic E-state index is 13.4. The Morgan fingerprint density at radius 1 is 1.14 bits per heavy atom. The van der Waals surface area contributed by atoms with Gasteiger partial charge in [0.1, 0.15) is 18.6 Å². The van der Waals surface area contributed by atoms with Gasteiger partial charge >= 0.3 is 0 Å². The maximum Gasteiger partial charge on any atom is 0.255 e. The van der Waals surface area contributed by atoms with Crippen molar-refractivity contribution in [3.63, 3.8) is 0 Å². The van der Waals surface area contributed by atoms with Gasteiger partial charge in [-0.15, -0.1) is 0 Å². The molecule has 1 N–H and O–H groups in total. The van der Waals surface area contributed by atoms with Crippen LogP contribution in [0.15, 0.2) is 18.3 Å². The smallest absolute Gasteiger partial charge is 0.255 e. The molecule has 0 bridgehead atoms. The standard InChI is InChI=1S/C19H24F3N5O/c20-12-14-7-10-27(26-14)18-24-16(23-13-5-8-19(21,22)9-6-13)11-17(25-18)28-15-3-1-2-4-15/h7,10-11,13,15H,1-6,8-9,12H2,(H,23,24,25). The maximum atomic E-state index is 13.4. The fourth-order valence-electron chi connectivity index (χ4n) is 3.76. The van der Waals surface area contributed by atoms with E-state index in [2.05, 4.69) is 20.4 Å². The van der Waals surface area contributed by atoms with Crippen LogP contribution in [0.4, 0.5) is 19.0 Å². The number of aromatic nitrogens is 4. The van der Waals surface area contributed by atoms with Crippen LogP contribution in [0.2, 0.25) is 0 Å². The predicted molar refractivity (Wildman–Crippen MR) is 97.7 cm³/mol. The second-order valence-corrected chi connectivity index (χ2v) is 7.58. The quantitative estimate of drug-likeness (QED) is 0.783. The van der Waals surface area contributed by atoms with E-state index in [0.29, 0.717) is 24.5 Å². The molecule has 2 aliphatic rings. The summed E-state index contributed by atoms with van der Waals surface area (Å²) in [5.41, 5.74) is 0.287. The largest absolute Gasteiger partial charge is 0.474 e. The van der Waals surface area contributed by atoms with E-state index < -0.39 is 12.6 Å². The molecule has 0 aromatic carbocycles. The molecule has 0 amide bonds. The molecule has 4 rings (SSSR count). The van der Waals surface area contributed by atoms with E-state index in [-0.39, 0.29) is 36.6 Å². The minimum atomic E-state index is -2.58. The first kappa shape index (κ1) is 19.0. The molecule has 6 nitrogen and oxygen atoms in total. The van der Waals surface area contributed by atoms with Crippen LogP contribution in [-0.4, -0.2) is 37.8 Å². The zero-order valence-corrected chi connectivity index (χ0v) is 15.6. The number of nitrogens with one attached hydrogen (secondary N) is 1. The lowest BCUT2D eigenvalue weighted by Crippen LogP contribution is -2.32. The Bertz CT molecular complexity index is 797. The molecule has 2 aliphatic carbocycles. The van der Waals surface area contributed by atoms with E-state index in [1.807, 2.05) is 0 Å². The van der Waals surface area contributed by atoms with Gasteiger partial charge in [0, 0.05) is 31.1 Å². The van der Waals surface area contributed by atoms with E-state index in [0.717, 1.165) is 25.7 Å². The highest BCUT2D eigenvalue weighted by Crippen LogP contribution is 2.34. The average molecular weight is 395 g/mol. The molecule has 0 saturated heterocycles. The number of hydrogen-bond donors (Lipinski definition) is 1. The fraction of sp³-hybridized carbons (Fsp3) is 0.632. The number of nitrogens with zero attached hydrogens (tertiary/aromatic N) is 4. The summed E-state index contributed by atoms with van der Waals surface area (Å²) >= 11 is 0. The van der Waals surface area contributed by atoms with Crippen LogP contribution < -0.4 is 10.1 Å². The Labute approximate surface area is 161 Å². The molecule has 2 heterocycles. The van der Waals surface area contributed by atoms with Gasteiger partial charge < -0.3 is 10.1 Å². The van der Waals surface area contributed by atoms with Crippen LogP contribution in [0, 0.1) is 0 Å². The van der Waals surface area contributed by atoms with Gasteiger partial charge in [-0.3, -0.25) is 0 Å². The lowest BCUT2D eigenvalue weighted by molar-refractivity contribution is -0.0361. The average Bonchev–Trinajstić information content (AvgIpc) is 3.35. The van der Waals surface area contributed by atoms with Crippen LogP contribution >= 0.6 is 0 Å². The Kier molecular flexibility index (Phi) is 5.41. The summed E-state index contributed by atoms with van der Waals surface area (Å²) < 4.78 is 47.1. The molecule has 0 unspecified atom stereocenters. The Balaban J connectivity index is 1.56. The van der Waals surface area contributed by atoms with E-state index >= 15 is 0 Å². The summed E-state index contributed by atoms with van der Waals surface area (Å²) in [6, 6.07) is 3.18. The fourth-order valence-corrected chi connectivity index (χ4v) is 3.76. The van der Waals surface area contributed by atoms with Gasteiger partial charge in [0.15, 0.2) is 0 Å². The van der Waals surface area contributed by atoms with Crippen LogP contribution in [0.25, 0.3) is 5.95 Å². The van der Waals surface area contributed by atoms with Crippen molar-refractivity contribution < 1.29 is 17.9 Å². The summed E-state index contributed by atoms with van der Waals surface area (Å²) in [6.07, 6.45) is 6.41. The van der Waals surface area contributed by atoms with Gasteiger partial charge in [0.25, 0.3) is 5.95 Å². The number of ether oxygens (including phenoxy) is 1. The van der Waals surface area contributed by atoms with Crippen molar-refractivity contribution in [2.45, 2.75) is 76.1 Å². The molecule has 2 aromatic heterocycles. The first-order chi connectivity index (χ1) is 13.5. The van der Waals surface area contributed by atoms with Crippen molar-refractivity contribution in [1.29, 1.82) is 0 Å². The molecule has 152 valence electrons. The predicted octanol–water partition coefficient (Wildman–Crippen LogP) is 4.44. The molecule has 0 aliphatic heterocycles. The monoisotopic (exact) mass is 395 g/mol. The third-order valence-corrected chi connectivity index (χ3v) is 5.34. The van der Waals surface area contributed by atoms with Crippen molar-refractivity contribution in [1.82, 2.24) is 19.7 Å². The zero-order chi connectivity index (χ0) is 19.6. The van der Waals surface area contributed by atoms with Crippen LogP contribution in [0.1, 0.15) is 57.1 Å². The highest BCUT2D eigenvalue weighted by molar-refractivity contribution is 5.42. The molecule has 0 atom stereocenters. The molecule has 2 fully saturated rings. The van der Waals surface area contributed by atoms with Crippen molar-refractivity contribution >= 4 is 5.82 Å². The Hall–Kier alpha value is -2.32. The molecule has 9 heteroatoms. The van der Waals surface area contributed by atoms with E-state index in [4.69, 9.17) is 4.74 Å². The number of alkyl halides is 3. The van der Waals surface area contributed by atoms with Crippen molar-refractivity contribution in [2.24, 2.45) is 0 Å². The lowest BCUT2D eigenvalue weighted by Gasteiger charge is -2.29. The van der Waals surface area contributed by atoms with Crippen LogP contribution in [0.3, 0.4) is 0 Å². The zero-order valence-electron chi connectivity index (χ0n) is 15.6. The Morgan fingerprint density at radius 3 is 2.57 bits per heavy atom. The minimum Gasteiger partial charge on any atom is -0.474 e. The third-order valence-electron chi connectivity index (χ3n) is 5.34. The summed E-state index contributed by atoms with van der Waals surface area (Å²) in [4.78, 5) is 8.86. The molecule has 2 aromatic rings. The van der Waals surface area contributed by atoms with Gasteiger partial charge in [-0.25, -0.2) is 17.9 Å². The van der Waals surface area contributed by atoms with Gasteiger partial charge in [-0.2, -0.15) is 15.1 Å². The van der Waals surface area contributed by atoms with E-state index in [1.54, 1.807) is 18.3 Å². The topological polar surface area (TPSA) is 64.9 Å². The number of halogens is 3. The molecule has 0 spiro atoms. The highest BCUT2D eigenvalue weighted by Gasteiger charge is 2.35. The molecule has 28 heavy (non-hydrogen) atoms. The second kappa shape index (κ2) is 7.97. The van der Waals surface area contributed by atoms with Gasteiger partial charge in [0.05, 0.1) is 5.69 Å². The first-order valence-corrected chi connectivity index (χ1v) is 9.82. The summed E-state index contributed by atoms with van der Waals surface area (Å²) in [6.45, 7) is -0.674. The van der Waals surface area contributed by atoms with Crippen molar-refractivity contribution in [2.75, 3.05) is 5.32 Å². The molecule has 0 radical (unpaired) electrons. The lowest BCUT2D eigenvalue weighted by atomic mass is 9.92. The summed E-state index contributed by atoms with van der Waals surface area (Å²) in [5, 5.41) is 7.35. The van der Waals surface area contributed by atoms with Gasteiger partial charge in [-0.05, 0) is 44.6 Å². The first-order valence-electron chi connectivity index (χ1n) is 9.82. The molecular formula is C19H24F3N5O. The number of anilines is 1. The SMILES string of the molecule is FCc1ccn(-c2nc(NC3CCC(F)(F)CC3)cc(OC3CCCC3)n2)n1. The van der Waals surface area contributed by atoms with E-state index in [1.165, 1.54) is 4.68 Å². The number of hydrogen-bond acceptors (Lipinski definition) is 5. The van der Waals surface area contributed by atoms with Gasteiger partial charge in [0.2, 0.25) is 11.8 Å². The van der Waals surface area contributed by atoms with Crippen molar-refractivity contribution in [3.8, 4) is 11.8 Å². The molecule has 2 saturated carbocycles. The van der Waals surface area contributed by atoms with Crippen LogP contribution in [0.5, 0.6) is 5.88 Å². The van der Waals surface area contributed by atoms with Crippen LogP contribution in [-0.2, 0) is 6.67 Å². The normalized spacial score (nSPS) is 20.4. The highest BCUT2D eigenvalue weighted by atomic mass is 19.3. The minimum absolute atomic E-state index is 0.0827. The summed E-state index contributed by atoms with van der Waals surface area (Å²) in [5.74, 6) is -1.40. The van der Waals surface area contributed by atoms with Crippen molar-refractivity contribution in [3.05, 3.63) is 24.0 Å². The molecular weight excluding hydrogens is 371 g/mol. The third kappa shape index (κ3) is 4.56. The van der Waals surface area contributed by atoms with Gasteiger partial charge in [-0.1, -0.05) is 0 Å². The number of rotatable bonds is 6. The second-order valence-electron chi connectivity index (χ2n) is 7.58. The summed E-state index contributed by atoms with van der Waals surface area (Å²) in [7, 11) is 0. The van der Waals surface area contributed by atoms with E-state index in [9.17, 15) is 13.2 Å². The Morgan fingerprint density at radius 2 is 1.89 bits per heavy atom.